The number of hydrogen-bond donors (Lipinski definition) is 2. The molecule has 1 unspecified atom stereocenters. The average Bonchev–Trinajstić information content (AvgIpc) is 2.60. The van der Waals surface area contributed by atoms with Gasteiger partial charge in [0.1, 0.15) is 9.84 Å². The molecule has 10 heteroatoms. The van der Waals surface area contributed by atoms with Crippen molar-refractivity contribution in [1.29, 1.82) is 0 Å². The predicted molar refractivity (Wildman–Crippen MR) is 126 cm³/mol. The van der Waals surface area contributed by atoms with Crippen molar-refractivity contribution < 1.29 is 17.9 Å². The van der Waals surface area contributed by atoms with Crippen LogP contribution < -0.4 is 10.6 Å². The van der Waals surface area contributed by atoms with Crippen molar-refractivity contribution in [1.82, 2.24) is 15.5 Å². The molecule has 0 aromatic rings. The Morgan fingerprint density at radius 2 is 1.89 bits per heavy atom. The van der Waals surface area contributed by atoms with E-state index in [-0.39, 0.29) is 36.3 Å². The third-order valence-electron chi connectivity index (χ3n) is 4.25. The highest BCUT2D eigenvalue weighted by molar-refractivity contribution is 14.0. The Labute approximate surface area is 188 Å². The molecule has 0 aliphatic carbocycles. The highest BCUT2D eigenvalue weighted by Crippen LogP contribution is 2.14. The first-order valence-electron chi connectivity index (χ1n) is 9.91. The van der Waals surface area contributed by atoms with Crippen LogP contribution in [0.15, 0.2) is 4.99 Å². The number of sulfone groups is 1. The zero-order chi connectivity index (χ0) is 20.1. The highest BCUT2D eigenvalue weighted by atomic mass is 127. The topological polar surface area (TPSA) is 92.3 Å². The van der Waals surface area contributed by atoms with Crippen molar-refractivity contribution in [2.75, 3.05) is 71.2 Å². The van der Waals surface area contributed by atoms with Crippen molar-refractivity contribution >= 4 is 39.8 Å². The lowest BCUT2D eigenvalue weighted by Crippen LogP contribution is -2.46. The van der Waals surface area contributed by atoms with Crippen molar-refractivity contribution in [2.45, 2.75) is 33.2 Å². The fourth-order valence-electron chi connectivity index (χ4n) is 2.92. The molecule has 1 atom stereocenters. The predicted octanol–water partition coefficient (Wildman–Crippen LogP) is 0.968. The molecule has 1 aliphatic rings. The molecule has 28 heavy (non-hydrogen) atoms. The van der Waals surface area contributed by atoms with Crippen LogP contribution in [0.25, 0.3) is 0 Å². The van der Waals surface area contributed by atoms with E-state index in [4.69, 9.17) is 14.5 Å². The van der Waals surface area contributed by atoms with Crippen LogP contribution in [-0.2, 0) is 19.3 Å². The number of guanidine groups is 1. The van der Waals surface area contributed by atoms with E-state index >= 15 is 0 Å². The zero-order valence-corrected chi connectivity index (χ0v) is 20.9. The van der Waals surface area contributed by atoms with Gasteiger partial charge in [0.05, 0.1) is 38.7 Å². The molecule has 0 radical (unpaired) electrons. The normalized spacial score (nSPS) is 17.2. The third-order valence-corrected chi connectivity index (χ3v) is 5.16. The summed E-state index contributed by atoms with van der Waals surface area (Å²) >= 11 is 0. The van der Waals surface area contributed by atoms with E-state index in [1.165, 1.54) is 6.26 Å². The molecular weight excluding hydrogens is 495 g/mol. The summed E-state index contributed by atoms with van der Waals surface area (Å²) in [4.78, 5) is 7.24. The van der Waals surface area contributed by atoms with Crippen molar-refractivity contribution in [3.8, 4) is 0 Å². The minimum Gasteiger partial charge on any atom is -0.379 e. The summed E-state index contributed by atoms with van der Waals surface area (Å²) in [5.41, 5.74) is 0. The maximum Gasteiger partial charge on any atom is 0.191 e. The van der Waals surface area contributed by atoms with Crippen LogP contribution in [0.5, 0.6) is 0 Å². The lowest BCUT2D eigenvalue weighted by molar-refractivity contribution is 0.0143. The molecule has 1 saturated heterocycles. The Morgan fingerprint density at radius 1 is 1.21 bits per heavy atom. The third kappa shape index (κ3) is 13.9. The summed E-state index contributed by atoms with van der Waals surface area (Å²) in [6, 6.07) is 0.412. The molecule has 2 N–H and O–H groups in total. The fourth-order valence-corrected chi connectivity index (χ4v) is 3.34. The monoisotopic (exact) mass is 534 g/mol. The maximum atomic E-state index is 11.1. The molecule has 1 rings (SSSR count). The van der Waals surface area contributed by atoms with Gasteiger partial charge in [0.15, 0.2) is 5.96 Å². The van der Waals surface area contributed by atoms with E-state index in [1.807, 2.05) is 6.92 Å². The number of ether oxygens (including phenoxy) is 2. The minimum atomic E-state index is -2.97. The Morgan fingerprint density at radius 3 is 2.46 bits per heavy atom. The van der Waals surface area contributed by atoms with Crippen LogP contribution in [0.1, 0.15) is 27.2 Å². The number of rotatable bonds is 12. The largest absolute Gasteiger partial charge is 0.379 e. The van der Waals surface area contributed by atoms with Crippen molar-refractivity contribution in [3.05, 3.63) is 0 Å². The second-order valence-corrected chi connectivity index (χ2v) is 9.58. The molecule has 0 amide bonds. The van der Waals surface area contributed by atoms with Gasteiger partial charge in [0.25, 0.3) is 0 Å². The Hall–Kier alpha value is -0.170. The summed E-state index contributed by atoms with van der Waals surface area (Å²) in [6.07, 6.45) is 2.32. The van der Waals surface area contributed by atoms with Gasteiger partial charge in [-0.15, -0.1) is 24.0 Å². The van der Waals surface area contributed by atoms with Gasteiger partial charge in [0, 0.05) is 38.5 Å². The number of hydrogen-bond acceptors (Lipinski definition) is 6. The second-order valence-electron chi connectivity index (χ2n) is 7.32. The first kappa shape index (κ1) is 27.8. The Bertz CT molecular complexity index is 526. The summed E-state index contributed by atoms with van der Waals surface area (Å²) in [5, 5.41) is 6.50. The molecular formula is C18H39IN4O4S. The van der Waals surface area contributed by atoms with E-state index < -0.39 is 9.84 Å². The number of nitrogens with one attached hydrogen (secondary N) is 2. The first-order valence-corrected chi connectivity index (χ1v) is 12.0. The molecule has 1 heterocycles. The molecule has 0 saturated carbocycles. The molecule has 0 spiro atoms. The van der Waals surface area contributed by atoms with Gasteiger partial charge >= 0.3 is 0 Å². The van der Waals surface area contributed by atoms with Crippen LogP contribution in [0, 0.1) is 5.92 Å². The molecule has 0 aromatic carbocycles. The molecule has 0 aromatic heterocycles. The van der Waals surface area contributed by atoms with Crippen LogP contribution in [-0.4, -0.2) is 96.5 Å². The molecule has 168 valence electrons. The molecule has 1 aliphatic heterocycles. The minimum absolute atomic E-state index is 0. The first-order chi connectivity index (χ1) is 12.8. The van der Waals surface area contributed by atoms with E-state index in [1.54, 1.807) is 0 Å². The van der Waals surface area contributed by atoms with Crippen LogP contribution in [0.2, 0.25) is 0 Å². The van der Waals surface area contributed by atoms with Gasteiger partial charge in [-0.3, -0.25) is 9.89 Å². The van der Waals surface area contributed by atoms with Crippen molar-refractivity contribution in [3.63, 3.8) is 0 Å². The Balaban J connectivity index is 0.00000729. The average molecular weight is 535 g/mol. The fraction of sp³-hybridized carbons (Fsp3) is 0.944. The summed E-state index contributed by atoms with van der Waals surface area (Å²) in [5.74, 6) is 1.44. The molecule has 0 bridgehead atoms. The summed E-state index contributed by atoms with van der Waals surface area (Å²) < 4.78 is 33.0. The lowest BCUT2D eigenvalue weighted by Gasteiger charge is -2.34. The number of morpholine rings is 1. The summed E-state index contributed by atoms with van der Waals surface area (Å²) in [7, 11) is -2.97. The van der Waals surface area contributed by atoms with E-state index in [2.05, 4.69) is 29.4 Å². The van der Waals surface area contributed by atoms with E-state index in [0.717, 1.165) is 51.8 Å². The summed E-state index contributed by atoms with van der Waals surface area (Å²) in [6.45, 7) is 12.8. The van der Waals surface area contributed by atoms with Gasteiger partial charge in [-0.25, -0.2) is 8.42 Å². The highest BCUT2D eigenvalue weighted by Gasteiger charge is 2.21. The van der Waals surface area contributed by atoms with E-state index in [9.17, 15) is 8.42 Å². The van der Waals surface area contributed by atoms with E-state index in [0.29, 0.717) is 25.1 Å². The maximum absolute atomic E-state index is 11.1. The van der Waals surface area contributed by atoms with Gasteiger partial charge in [-0.05, 0) is 19.3 Å². The smallest absolute Gasteiger partial charge is 0.191 e. The van der Waals surface area contributed by atoms with Gasteiger partial charge in [-0.1, -0.05) is 13.8 Å². The second kappa shape index (κ2) is 15.6. The molecule has 8 nitrogen and oxygen atoms in total. The van der Waals surface area contributed by atoms with Crippen LogP contribution in [0.4, 0.5) is 0 Å². The number of halogens is 1. The lowest BCUT2D eigenvalue weighted by atomic mass is 10.0. The molecule has 1 fully saturated rings. The van der Waals surface area contributed by atoms with Gasteiger partial charge in [-0.2, -0.15) is 0 Å². The Kier molecular flexibility index (Phi) is 15.5. The zero-order valence-electron chi connectivity index (χ0n) is 17.8. The number of aliphatic imine (C=N–C) groups is 1. The number of nitrogens with zero attached hydrogens (tertiary/aromatic N) is 2. The van der Waals surface area contributed by atoms with Gasteiger partial charge in [0.2, 0.25) is 0 Å². The standard InChI is InChI=1S/C18H38N4O4S.HI/c1-5-19-18(20-6-9-25-12-13-27(4,23)24)21-15-17(14-16(2)3)22-7-10-26-11-8-22;/h16-17H,5-15H2,1-4H3,(H2,19,20,21);1H. The van der Waals surface area contributed by atoms with Gasteiger partial charge < -0.3 is 20.1 Å². The quantitative estimate of drug-likeness (QED) is 0.167. The van der Waals surface area contributed by atoms with Crippen molar-refractivity contribution in [2.24, 2.45) is 10.9 Å². The van der Waals surface area contributed by atoms with Crippen LogP contribution in [0.3, 0.4) is 0 Å². The SMILES string of the molecule is CCNC(=NCC(CC(C)C)N1CCOCC1)NCCOCCS(C)(=O)=O.I. The van der Waals surface area contributed by atoms with Crippen LogP contribution >= 0.6 is 24.0 Å².